The molecule has 96 valence electrons. The highest BCUT2D eigenvalue weighted by molar-refractivity contribution is 5.92. The summed E-state index contributed by atoms with van der Waals surface area (Å²) in [6, 6.07) is 5.80. The molecule has 0 aliphatic rings. The zero-order valence-corrected chi connectivity index (χ0v) is 9.86. The Morgan fingerprint density at radius 1 is 1.11 bits per heavy atom. The van der Waals surface area contributed by atoms with Crippen molar-refractivity contribution in [2.75, 3.05) is 0 Å². The van der Waals surface area contributed by atoms with E-state index in [1.807, 2.05) is 0 Å². The van der Waals surface area contributed by atoms with Gasteiger partial charge in [-0.05, 0) is 24.3 Å². The molecule has 0 atom stereocenters. The van der Waals surface area contributed by atoms with Crippen LogP contribution in [-0.4, -0.2) is 4.98 Å². The Hall–Kier alpha value is -2.27. The third kappa shape index (κ3) is 1.79. The number of hydrogen-bond donors (Lipinski definition) is 1. The van der Waals surface area contributed by atoms with Crippen molar-refractivity contribution in [2.24, 2.45) is 5.73 Å². The summed E-state index contributed by atoms with van der Waals surface area (Å²) in [4.78, 5) is 3.86. The highest BCUT2D eigenvalue weighted by Gasteiger charge is 2.16. The number of rotatable bonds is 2. The normalized spacial score (nSPS) is 11.1. The van der Waals surface area contributed by atoms with Crippen molar-refractivity contribution < 1.29 is 13.2 Å². The summed E-state index contributed by atoms with van der Waals surface area (Å²) >= 11 is 0. The van der Waals surface area contributed by atoms with Crippen LogP contribution in [0.25, 0.3) is 22.1 Å². The Labute approximate surface area is 107 Å². The molecule has 2 N–H and O–H groups in total. The number of hydrogen-bond acceptors (Lipinski definition) is 3. The van der Waals surface area contributed by atoms with Gasteiger partial charge in [0.25, 0.3) is 0 Å². The van der Waals surface area contributed by atoms with Gasteiger partial charge in [0.1, 0.15) is 11.4 Å². The summed E-state index contributed by atoms with van der Waals surface area (Å²) in [5.41, 5.74) is 6.69. The van der Waals surface area contributed by atoms with Crippen LogP contribution in [0.15, 0.2) is 41.1 Å². The van der Waals surface area contributed by atoms with Crippen molar-refractivity contribution in [3.63, 3.8) is 0 Å². The van der Waals surface area contributed by atoms with Gasteiger partial charge in [0.2, 0.25) is 0 Å². The molecule has 3 rings (SSSR count). The first-order valence-corrected chi connectivity index (χ1v) is 5.72. The van der Waals surface area contributed by atoms with Crippen LogP contribution >= 0.6 is 0 Å². The van der Waals surface area contributed by atoms with Crippen LogP contribution < -0.4 is 5.73 Å². The van der Waals surface area contributed by atoms with E-state index in [0.717, 1.165) is 0 Å². The van der Waals surface area contributed by atoms with Gasteiger partial charge in [0.05, 0.1) is 17.3 Å². The summed E-state index contributed by atoms with van der Waals surface area (Å²) in [5, 5.41) is 0.322. The van der Waals surface area contributed by atoms with E-state index in [0.29, 0.717) is 22.1 Å². The number of fused-ring (bicyclic) bond motifs is 1. The van der Waals surface area contributed by atoms with Crippen LogP contribution in [0.2, 0.25) is 0 Å². The number of benzene rings is 1. The SMILES string of the molecule is NCc1nccc(-c2ccc(F)c3ccoc23)c1F. The molecule has 1 aromatic carbocycles. The number of halogens is 2. The fourth-order valence-electron chi connectivity index (χ4n) is 2.08. The van der Waals surface area contributed by atoms with E-state index >= 15 is 0 Å². The van der Waals surface area contributed by atoms with Gasteiger partial charge in [-0.25, -0.2) is 8.78 Å². The molecule has 3 aromatic rings. The maximum absolute atomic E-state index is 14.2. The van der Waals surface area contributed by atoms with Crippen LogP contribution in [0.1, 0.15) is 5.69 Å². The van der Waals surface area contributed by atoms with Crippen LogP contribution in [0, 0.1) is 11.6 Å². The van der Waals surface area contributed by atoms with Gasteiger partial charge in [0.15, 0.2) is 5.82 Å². The van der Waals surface area contributed by atoms with E-state index in [2.05, 4.69) is 4.98 Å². The molecular formula is C14H10F2N2O. The van der Waals surface area contributed by atoms with Crippen LogP contribution in [0.3, 0.4) is 0 Å². The van der Waals surface area contributed by atoms with Gasteiger partial charge < -0.3 is 10.2 Å². The largest absolute Gasteiger partial charge is 0.464 e. The minimum absolute atomic E-state index is 0.00215. The van der Waals surface area contributed by atoms with Gasteiger partial charge in [-0.15, -0.1) is 0 Å². The number of nitrogens with two attached hydrogens (primary N) is 1. The summed E-state index contributed by atoms with van der Waals surface area (Å²) in [7, 11) is 0. The van der Waals surface area contributed by atoms with Crippen molar-refractivity contribution in [1.29, 1.82) is 0 Å². The Morgan fingerprint density at radius 2 is 1.95 bits per heavy atom. The minimum atomic E-state index is -0.505. The molecule has 0 bridgehead atoms. The lowest BCUT2D eigenvalue weighted by molar-refractivity contribution is 0.598. The van der Waals surface area contributed by atoms with Crippen LogP contribution in [0.4, 0.5) is 8.78 Å². The molecule has 0 unspecified atom stereocenters. The van der Waals surface area contributed by atoms with Gasteiger partial charge in [-0.1, -0.05) is 0 Å². The van der Waals surface area contributed by atoms with Crippen LogP contribution in [-0.2, 0) is 6.54 Å². The zero-order valence-electron chi connectivity index (χ0n) is 9.86. The summed E-state index contributed by atoms with van der Waals surface area (Å²) in [6.07, 6.45) is 2.85. The highest BCUT2D eigenvalue weighted by atomic mass is 19.1. The minimum Gasteiger partial charge on any atom is -0.464 e. The predicted molar refractivity (Wildman–Crippen MR) is 67.3 cm³/mol. The maximum atomic E-state index is 14.2. The second-order valence-corrected chi connectivity index (χ2v) is 4.08. The molecule has 0 spiro atoms. The summed E-state index contributed by atoms with van der Waals surface area (Å²) < 4.78 is 33.0. The predicted octanol–water partition coefficient (Wildman–Crippen LogP) is 3.23. The van der Waals surface area contributed by atoms with Gasteiger partial charge in [-0.3, -0.25) is 4.98 Å². The van der Waals surface area contributed by atoms with Crippen molar-refractivity contribution >= 4 is 11.0 Å². The molecule has 5 heteroatoms. The number of furan rings is 1. The second kappa shape index (κ2) is 4.44. The number of aromatic nitrogens is 1. The molecular weight excluding hydrogens is 250 g/mol. The average Bonchev–Trinajstić information content (AvgIpc) is 2.90. The summed E-state index contributed by atoms with van der Waals surface area (Å²) in [6.45, 7) is 0.00215. The number of nitrogens with zero attached hydrogens (tertiary/aromatic N) is 1. The Kier molecular flexibility index (Phi) is 2.76. The highest BCUT2D eigenvalue weighted by Crippen LogP contribution is 2.32. The van der Waals surface area contributed by atoms with Crippen molar-refractivity contribution in [3.05, 3.63) is 54.1 Å². The van der Waals surface area contributed by atoms with Crippen molar-refractivity contribution in [2.45, 2.75) is 6.54 Å². The number of pyridine rings is 1. The van der Waals surface area contributed by atoms with Gasteiger partial charge >= 0.3 is 0 Å². The maximum Gasteiger partial charge on any atom is 0.153 e. The van der Waals surface area contributed by atoms with Crippen molar-refractivity contribution in [1.82, 2.24) is 4.98 Å². The fourth-order valence-corrected chi connectivity index (χ4v) is 2.08. The van der Waals surface area contributed by atoms with E-state index in [9.17, 15) is 8.78 Å². The third-order valence-corrected chi connectivity index (χ3v) is 3.01. The van der Waals surface area contributed by atoms with E-state index in [4.69, 9.17) is 10.2 Å². The standard InChI is InChI=1S/C14H10F2N2O/c15-11-2-1-9(14-10(11)4-6-19-14)8-3-5-18-12(7-17)13(8)16/h1-6H,7,17H2. The lowest BCUT2D eigenvalue weighted by atomic mass is 10.0. The third-order valence-electron chi connectivity index (χ3n) is 3.01. The molecule has 0 aliphatic carbocycles. The monoisotopic (exact) mass is 260 g/mol. The molecule has 2 heterocycles. The molecule has 0 radical (unpaired) electrons. The molecule has 0 fully saturated rings. The molecule has 0 saturated carbocycles. The lowest BCUT2D eigenvalue weighted by Crippen LogP contribution is -2.04. The quantitative estimate of drug-likeness (QED) is 0.769. The topological polar surface area (TPSA) is 52.0 Å². The second-order valence-electron chi connectivity index (χ2n) is 4.08. The van der Waals surface area contributed by atoms with E-state index in [1.54, 1.807) is 0 Å². The smallest absolute Gasteiger partial charge is 0.153 e. The first-order valence-electron chi connectivity index (χ1n) is 5.72. The Morgan fingerprint density at radius 3 is 2.74 bits per heavy atom. The molecule has 0 aliphatic heterocycles. The molecule has 0 amide bonds. The lowest BCUT2D eigenvalue weighted by Gasteiger charge is -2.07. The van der Waals surface area contributed by atoms with E-state index < -0.39 is 11.6 Å². The molecule has 0 saturated heterocycles. The molecule has 19 heavy (non-hydrogen) atoms. The average molecular weight is 260 g/mol. The summed E-state index contributed by atoms with van der Waals surface area (Å²) in [5.74, 6) is -0.907. The van der Waals surface area contributed by atoms with Crippen molar-refractivity contribution in [3.8, 4) is 11.1 Å². The van der Waals surface area contributed by atoms with E-state index in [-0.39, 0.29) is 12.2 Å². The molecule has 2 aromatic heterocycles. The first-order chi connectivity index (χ1) is 9.22. The van der Waals surface area contributed by atoms with Crippen LogP contribution in [0.5, 0.6) is 0 Å². The van der Waals surface area contributed by atoms with Gasteiger partial charge in [0, 0.05) is 23.9 Å². The fraction of sp³-hybridized carbons (Fsp3) is 0.0714. The Bertz CT molecular complexity index is 752. The van der Waals surface area contributed by atoms with E-state index in [1.165, 1.54) is 36.7 Å². The zero-order chi connectivity index (χ0) is 13.4. The first kappa shape index (κ1) is 11.8. The van der Waals surface area contributed by atoms with Gasteiger partial charge in [-0.2, -0.15) is 0 Å². The Balaban J connectivity index is 2.31. The molecule has 3 nitrogen and oxygen atoms in total.